The third-order valence-electron chi connectivity index (χ3n) is 3.55. The standard InChI is InChI=1S/C14H20N2O2/c1-10-12(3-2-4-13(10)17)14(18)16-8-6-11-5-7-15-9-11/h2-4,11,15,17H,5-9H2,1H3,(H,16,18). The maximum Gasteiger partial charge on any atom is 0.251 e. The van der Waals surface area contributed by atoms with E-state index in [4.69, 9.17) is 0 Å². The molecule has 4 nitrogen and oxygen atoms in total. The van der Waals surface area contributed by atoms with Crippen molar-refractivity contribution in [3.63, 3.8) is 0 Å². The van der Waals surface area contributed by atoms with Crippen LogP contribution in [-0.4, -0.2) is 30.6 Å². The Morgan fingerprint density at radius 2 is 2.39 bits per heavy atom. The number of amides is 1. The maximum atomic E-state index is 12.0. The number of rotatable bonds is 4. The van der Waals surface area contributed by atoms with Crippen LogP contribution < -0.4 is 10.6 Å². The number of hydrogen-bond donors (Lipinski definition) is 3. The summed E-state index contributed by atoms with van der Waals surface area (Å²) in [6.07, 6.45) is 2.21. The third kappa shape index (κ3) is 3.01. The summed E-state index contributed by atoms with van der Waals surface area (Å²) < 4.78 is 0. The topological polar surface area (TPSA) is 61.4 Å². The largest absolute Gasteiger partial charge is 0.508 e. The number of nitrogens with one attached hydrogen (secondary N) is 2. The molecular formula is C14H20N2O2. The zero-order valence-corrected chi connectivity index (χ0v) is 10.7. The van der Waals surface area contributed by atoms with E-state index in [0.29, 0.717) is 23.6 Å². The molecule has 0 bridgehead atoms. The molecule has 1 atom stereocenters. The van der Waals surface area contributed by atoms with Crippen LogP contribution in [-0.2, 0) is 0 Å². The van der Waals surface area contributed by atoms with Gasteiger partial charge < -0.3 is 15.7 Å². The van der Waals surface area contributed by atoms with Crippen molar-refractivity contribution in [3.8, 4) is 5.75 Å². The molecule has 1 heterocycles. The summed E-state index contributed by atoms with van der Waals surface area (Å²) in [5.74, 6) is 0.743. The van der Waals surface area contributed by atoms with Crippen molar-refractivity contribution in [1.82, 2.24) is 10.6 Å². The molecule has 1 aromatic carbocycles. The number of benzene rings is 1. The van der Waals surface area contributed by atoms with E-state index in [0.717, 1.165) is 19.5 Å². The van der Waals surface area contributed by atoms with Crippen molar-refractivity contribution in [2.45, 2.75) is 19.8 Å². The molecule has 1 amide bonds. The third-order valence-corrected chi connectivity index (χ3v) is 3.55. The van der Waals surface area contributed by atoms with Crippen LogP contribution in [0.15, 0.2) is 18.2 Å². The van der Waals surface area contributed by atoms with Gasteiger partial charge in [-0.15, -0.1) is 0 Å². The molecule has 18 heavy (non-hydrogen) atoms. The lowest BCUT2D eigenvalue weighted by atomic mass is 10.0. The van der Waals surface area contributed by atoms with Crippen LogP contribution in [0.25, 0.3) is 0 Å². The Labute approximate surface area is 107 Å². The monoisotopic (exact) mass is 248 g/mol. The van der Waals surface area contributed by atoms with Crippen LogP contribution in [0.5, 0.6) is 5.75 Å². The number of carbonyl (C=O) groups is 1. The molecule has 4 heteroatoms. The fourth-order valence-electron chi connectivity index (χ4n) is 2.32. The Balaban J connectivity index is 1.85. The molecule has 3 N–H and O–H groups in total. The van der Waals surface area contributed by atoms with E-state index in [9.17, 15) is 9.90 Å². The summed E-state index contributed by atoms with van der Waals surface area (Å²) in [6.45, 7) is 4.59. The van der Waals surface area contributed by atoms with Crippen LogP contribution in [0.2, 0.25) is 0 Å². The summed E-state index contributed by atoms with van der Waals surface area (Å²) in [6, 6.07) is 5.02. The number of phenols is 1. The normalized spacial score (nSPS) is 18.8. The van der Waals surface area contributed by atoms with E-state index in [1.807, 2.05) is 0 Å². The smallest absolute Gasteiger partial charge is 0.251 e. The number of phenolic OH excluding ortho intramolecular Hbond substituents is 1. The van der Waals surface area contributed by atoms with E-state index in [1.165, 1.54) is 6.42 Å². The Bertz CT molecular complexity index is 426. The highest BCUT2D eigenvalue weighted by Crippen LogP contribution is 2.19. The summed E-state index contributed by atoms with van der Waals surface area (Å²) in [7, 11) is 0. The Hall–Kier alpha value is -1.55. The minimum Gasteiger partial charge on any atom is -0.508 e. The molecule has 1 aromatic rings. The average Bonchev–Trinajstić information content (AvgIpc) is 2.85. The molecule has 1 unspecified atom stereocenters. The van der Waals surface area contributed by atoms with E-state index in [1.54, 1.807) is 25.1 Å². The van der Waals surface area contributed by atoms with Crippen LogP contribution in [0.3, 0.4) is 0 Å². The first-order valence-corrected chi connectivity index (χ1v) is 6.46. The van der Waals surface area contributed by atoms with Crippen molar-refractivity contribution in [3.05, 3.63) is 29.3 Å². The van der Waals surface area contributed by atoms with E-state index in [-0.39, 0.29) is 11.7 Å². The fraction of sp³-hybridized carbons (Fsp3) is 0.500. The van der Waals surface area contributed by atoms with Gasteiger partial charge in [-0.25, -0.2) is 0 Å². The summed E-state index contributed by atoms with van der Waals surface area (Å²) in [5, 5.41) is 15.8. The van der Waals surface area contributed by atoms with Crippen molar-refractivity contribution in [2.75, 3.05) is 19.6 Å². The van der Waals surface area contributed by atoms with Gasteiger partial charge in [0, 0.05) is 17.7 Å². The minimum atomic E-state index is -0.102. The molecule has 0 saturated carbocycles. The van der Waals surface area contributed by atoms with Gasteiger partial charge >= 0.3 is 0 Å². The maximum absolute atomic E-state index is 12.0. The zero-order chi connectivity index (χ0) is 13.0. The second-order valence-electron chi connectivity index (χ2n) is 4.85. The van der Waals surface area contributed by atoms with Gasteiger partial charge in [-0.3, -0.25) is 4.79 Å². The van der Waals surface area contributed by atoms with Gasteiger partial charge in [-0.05, 0) is 50.9 Å². The second-order valence-corrected chi connectivity index (χ2v) is 4.85. The molecule has 98 valence electrons. The van der Waals surface area contributed by atoms with E-state index >= 15 is 0 Å². The van der Waals surface area contributed by atoms with Crippen molar-refractivity contribution in [2.24, 2.45) is 5.92 Å². The van der Waals surface area contributed by atoms with Crippen LogP contribution >= 0.6 is 0 Å². The molecule has 1 aliphatic rings. The first-order chi connectivity index (χ1) is 8.68. The lowest BCUT2D eigenvalue weighted by Gasteiger charge is -2.11. The minimum absolute atomic E-state index is 0.102. The molecular weight excluding hydrogens is 228 g/mol. The van der Waals surface area contributed by atoms with Crippen molar-refractivity contribution in [1.29, 1.82) is 0 Å². The second kappa shape index (κ2) is 5.87. The SMILES string of the molecule is Cc1c(O)cccc1C(=O)NCCC1CCNC1. The highest BCUT2D eigenvalue weighted by Gasteiger charge is 2.15. The van der Waals surface area contributed by atoms with Crippen molar-refractivity contribution < 1.29 is 9.90 Å². The molecule has 1 aliphatic heterocycles. The van der Waals surface area contributed by atoms with Crippen molar-refractivity contribution >= 4 is 5.91 Å². The number of aromatic hydroxyl groups is 1. The highest BCUT2D eigenvalue weighted by atomic mass is 16.3. The molecule has 1 fully saturated rings. The molecule has 2 rings (SSSR count). The summed E-state index contributed by atoms with van der Waals surface area (Å²) in [5.41, 5.74) is 1.19. The Morgan fingerprint density at radius 3 is 3.11 bits per heavy atom. The van der Waals surface area contributed by atoms with E-state index in [2.05, 4.69) is 10.6 Å². The lowest BCUT2D eigenvalue weighted by molar-refractivity contribution is 0.0950. The molecule has 0 aliphatic carbocycles. The predicted octanol–water partition coefficient (Wildman–Crippen LogP) is 1.43. The number of hydrogen-bond acceptors (Lipinski definition) is 3. The van der Waals surface area contributed by atoms with Gasteiger partial charge in [0.25, 0.3) is 5.91 Å². The molecule has 0 spiro atoms. The van der Waals surface area contributed by atoms with Crippen LogP contribution in [0.4, 0.5) is 0 Å². The summed E-state index contributed by atoms with van der Waals surface area (Å²) in [4.78, 5) is 12.0. The van der Waals surface area contributed by atoms with Gasteiger partial charge in [0.15, 0.2) is 0 Å². The Kier molecular flexibility index (Phi) is 4.20. The van der Waals surface area contributed by atoms with E-state index < -0.39 is 0 Å². The quantitative estimate of drug-likeness (QED) is 0.755. The first kappa shape index (κ1) is 12.9. The Morgan fingerprint density at radius 1 is 1.56 bits per heavy atom. The first-order valence-electron chi connectivity index (χ1n) is 6.46. The van der Waals surface area contributed by atoms with Gasteiger partial charge in [0.1, 0.15) is 5.75 Å². The van der Waals surface area contributed by atoms with Crippen LogP contribution in [0, 0.1) is 12.8 Å². The van der Waals surface area contributed by atoms with Gasteiger partial charge in [0.05, 0.1) is 0 Å². The van der Waals surface area contributed by atoms with Gasteiger partial charge in [-0.1, -0.05) is 6.07 Å². The zero-order valence-electron chi connectivity index (χ0n) is 10.7. The van der Waals surface area contributed by atoms with Gasteiger partial charge in [0.2, 0.25) is 0 Å². The molecule has 0 aromatic heterocycles. The molecule has 0 radical (unpaired) electrons. The molecule has 1 saturated heterocycles. The lowest BCUT2D eigenvalue weighted by Crippen LogP contribution is -2.27. The fourth-order valence-corrected chi connectivity index (χ4v) is 2.32. The predicted molar refractivity (Wildman–Crippen MR) is 70.8 cm³/mol. The number of carbonyl (C=O) groups excluding carboxylic acids is 1. The summed E-state index contributed by atoms with van der Waals surface area (Å²) >= 11 is 0. The van der Waals surface area contributed by atoms with Gasteiger partial charge in [-0.2, -0.15) is 0 Å². The highest BCUT2D eigenvalue weighted by molar-refractivity contribution is 5.96. The average molecular weight is 248 g/mol. The van der Waals surface area contributed by atoms with Crippen LogP contribution in [0.1, 0.15) is 28.8 Å².